The van der Waals surface area contributed by atoms with Crippen LogP contribution in [0.3, 0.4) is 0 Å². The average Bonchev–Trinajstić information content (AvgIpc) is 3.07. The largest absolute Gasteiger partial charge is 0.346 e. The number of rotatable bonds is 2. The molecule has 0 amide bonds. The summed E-state index contributed by atoms with van der Waals surface area (Å²) >= 11 is 0. The first-order valence-electron chi connectivity index (χ1n) is 7.67. The van der Waals surface area contributed by atoms with E-state index in [4.69, 9.17) is 9.47 Å². The van der Waals surface area contributed by atoms with E-state index >= 15 is 0 Å². The van der Waals surface area contributed by atoms with E-state index in [-0.39, 0.29) is 5.79 Å². The Kier molecular flexibility index (Phi) is 3.21. The predicted octanol–water partition coefficient (Wildman–Crippen LogP) is 1.98. The third-order valence-electron chi connectivity index (χ3n) is 4.44. The molecule has 2 aromatic heterocycles. The molecule has 112 valence electrons. The van der Waals surface area contributed by atoms with Crippen LogP contribution in [0.1, 0.15) is 24.1 Å². The lowest BCUT2D eigenvalue weighted by Crippen LogP contribution is -2.48. The highest BCUT2D eigenvalue weighted by Crippen LogP contribution is 2.30. The molecular formula is C16H21N3O2. The first-order valence-corrected chi connectivity index (χ1v) is 7.67. The number of aromatic nitrogens is 2. The minimum Gasteiger partial charge on any atom is -0.346 e. The minimum atomic E-state index is -0.352. The topological polar surface area (TPSA) is 39.0 Å². The molecule has 0 aromatic carbocycles. The second-order valence-corrected chi connectivity index (χ2v) is 6.10. The van der Waals surface area contributed by atoms with Crippen molar-refractivity contribution in [3.05, 3.63) is 35.8 Å². The van der Waals surface area contributed by atoms with Gasteiger partial charge in [-0.2, -0.15) is 0 Å². The summed E-state index contributed by atoms with van der Waals surface area (Å²) in [5, 5.41) is 0. The van der Waals surface area contributed by atoms with Crippen LogP contribution in [0.5, 0.6) is 0 Å². The zero-order valence-electron chi connectivity index (χ0n) is 12.4. The molecule has 5 heteroatoms. The van der Waals surface area contributed by atoms with Crippen molar-refractivity contribution in [3.8, 4) is 0 Å². The third kappa shape index (κ3) is 2.46. The lowest BCUT2D eigenvalue weighted by molar-refractivity contribution is -0.190. The van der Waals surface area contributed by atoms with Crippen molar-refractivity contribution >= 4 is 5.65 Å². The lowest BCUT2D eigenvalue weighted by atomic mass is 10.0. The number of imidazole rings is 1. The molecule has 0 aliphatic carbocycles. The summed E-state index contributed by atoms with van der Waals surface area (Å²) in [5.74, 6) is -0.352. The molecule has 1 spiro atoms. The molecule has 0 saturated carbocycles. The number of nitrogens with zero attached hydrogens (tertiary/aromatic N) is 3. The smallest absolute Gasteiger partial charge is 0.181 e. The number of likely N-dealkylation sites (tertiary alicyclic amines) is 1. The summed E-state index contributed by atoms with van der Waals surface area (Å²) < 4.78 is 13.9. The first-order chi connectivity index (χ1) is 10.2. The average molecular weight is 287 g/mol. The van der Waals surface area contributed by atoms with Crippen LogP contribution in [0.25, 0.3) is 5.65 Å². The number of ether oxygens (including phenoxy) is 2. The summed E-state index contributed by atoms with van der Waals surface area (Å²) in [6, 6.07) is 4.24. The molecule has 5 nitrogen and oxygen atoms in total. The summed E-state index contributed by atoms with van der Waals surface area (Å²) in [5.41, 5.74) is 3.48. The summed E-state index contributed by atoms with van der Waals surface area (Å²) in [4.78, 5) is 6.92. The van der Waals surface area contributed by atoms with E-state index in [1.54, 1.807) is 0 Å². The van der Waals surface area contributed by atoms with Gasteiger partial charge in [0.2, 0.25) is 0 Å². The van der Waals surface area contributed by atoms with Crippen LogP contribution in [-0.2, 0) is 16.0 Å². The molecule has 2 fully saturated rings. The molecule has 0 bridgehead atoms. The standard InChI is InChI=1S/C16H21N3O2/c1-13-3-6-19-14(10-17-15(19)9-13)11-18-5-2-4-16(12-18)20-7-8-21-16/h3,6,9-10H,2,4-5,7-8,11-12H2,1H3. The van der Waals surface area contributed by atoms with Gasteiger partial charge in [0.15, 0.2) is 5.79 Å². The minimum absolute atomic E-state index is 0.352. The molecule has 0 N–H and O–H groups in total. The normalized spacial score (nSPS) is 22.3. The Balaban J connectivity index is 1.54. The number of hydrogen-bond acceptors (Lipinski definition) is 4. The van der Waals surface area contributed by atoms with E-state index in [2.05, 4.69) is 39.5 Å². The molecule has 4 heterocycles. The Morgan fingerprint density at radius 3 is 3.05 bits per heavy atom. The van der Waals surface area contributed by atoms with Crippen molar-refractivity contribution in [1.29, 1.82) is 0 Å². The van der Waals surface area contributed by atoms with E-state index in [9.17, 15) is 0 Å². The fourth-order valence-corrected chi connectivity index (χ4v) is 3.42. The molecule has 0 atom stereocenters. The van der Waals surface area contributed by atoms with Crippen molar-refractivity contribution in [2.45, 2.75) is 32.1 Å². The van der Waals surface area contributed by atoms with Crippen LogP contribution >= 0.6 is 0 Å². The number of hydrogen-bond donors (Lipinski definition) is 0. The van der Waals surface area contributed by atoms with Crippen molar-refractivity contribution in [1.82, 2.24) is 14.3 Å². The maximum Gasteiger partial charge on any atom is 0.181 e. The second kappa shape index (κ2) is 5.09. The second-order valence-electron chi connectivity index (χ2n) is 6.10. The summed E-state index contributed by atoms with van der Waals surface area (Å²) in [7, 11) is 0. The van der Waals surface area contributed by atoms with Crippen molar-refractivity contribution in [3.63, 3.8) is 0 Å². The molecule has 2 saturated heterocycles. The Labute approximate surface area is 124 Å². The first kappa shape index (κ1) is 13.2. The van der Waals surface area contributed by atoms with Gasteiger partial charge in [-0.25, -0.2) is 4.98 Å². The van der Waals surface area contributed by atoms with E-state index in [1.807, 2.05) is 6.20 Å². The van der Waals surface area contributed by atoms with Crippen LogP contribution < -0.4 is 0 Å². The van der Waals surface area contributed by atoms with Crippen LogP contribution in [0.4, 0.5) is 0 Å². The molecular weight excluding hydrogens is 266 g/mol. The van der Waals surface area contributed by atoms with E-state index in [0.717, 1.165) is 51.3 Å². The van der Waals surface area contributed by atoms with E-state index < -0.39 is 0 Å². The third-order valence-corrected chi connectivity index (χ3v) is 4.44. The van der Waals surface area contributed by atoms with Crippen LogP contribution in [0.2, 0.25) is 0 Å². The summed E-state index contributed by atoms with van der Waals surface area (Å²) in [6.45, 7) is 6.38. The van der Waals surface area contributed by atoms with E-state index in [1.165, 1.54) is 11.3 Å². The van der Waals surface area contributed by atoms with Gasteiger partial charge in [0.1, 0.15) is 5.65 Å². The van der Waals surface area contributed by atoms with Crippen molar-refractivity contribution in [2.75, 3.05) is 26.3 Å². The Hall–Kier alpha value is -1.43. The fourth-order valence-electron chi connectivity index (χ4n) is 3.42. The van der Waals surface area contributed by atoms with Crippen molar-refractivity contribution < 1.29 is 9.47 Å². The molecule has 0 unspecified atom stereocenters. The molecule has 21 heavy (non-hydrogen) atoms. The van der Waals surface area contributed by atoms with Gasteiger partial charge in [-0.1, -0.05) is 0 Å². The number of piperidine rings is 1. The highest BCUT2D eigenvalue weighted by molar-refractivity contribution is 5.42. The Morgan fingerprint density at radius 2 is 2.19 bits per heavy atom. The predicted molar refractivity (Wildman–Crippen MR) is 79.1 cm³/mol. The van der Waals surface area contributed by atoms with Gasteiger partial charge in [0, 0.05) is 19.2 Å². The lowest BCUT2D eigenvalue weighted by Gasteiger charge is -2.38. The Morgan fingerprint density at radius 1 is 1.33 bits per heavy atom. The number of aryl methyl sites for hydroxylation is 1. The highest BCUT2D eigenvalue weighted by Gasteiger charge is 2.40. The van der Waals surface area contributed by atoms with E-state index in [0.29, 0.717) is 0 Å². The quantitative estimate of drug-likeness (QED) is 0.846. The zero-order valence-corrected chi connectivity index (χ0v) is 12.4. The molecule has 2 aliphatic heterocycles. The monoisotopic (exact) mass is 287 g/mol. The maximum atomic E-state index is 5.85. The van der Waals surface area contributed by atoms with Crippen LogP contribution in [0, 0.1) is 6.92 Å². The zero-order chi connectivity index (χ0) is 14.3. The van der Waals surface area contributed by atoms with Gasteiger partial charge in [0.05, 0.1) is 31.6 Å². The SMILES string of the molecule is Cc1ccn2c(CN3CCCC4(C3)OCCO4)cnc2c1. The van der Waals surface area contributed by atoms with Gasteiger partial charge in [0.25, 0.3) is 0 Å². The molecule has 4 rings (SSSR count). The van der Waals surface area contributed by atoms with Gasteiger partial charge in [-0.3, -0.25) is 4.90 Å². The van der Waals surface area contributed by atoms with Gasteiger partial charge in [-0.05, 0) is 37.6 Å². The van der Waals surface area contributed by atoms with Gasteiger partial charge in [-0.15, -0.1) is 0 Å². The highest BCUT2D eigenvalue weighted by atomic mass is 16.7. The molecule has 2 aliphatic rings. The van der Waals surface area contributed by atoms with Gasteiger partial charge < -0.3 is 13.9 Å². The van der Waals surface area contributed by atoms with Gasteiger partial charge >= 0.3 is 0 Å². The molecule has 0 radical (unpaired) electrons. The molecule has 2 aromatic rings. The summed E-state index contributed by atoms with van der Waals surface area (Å²) in [6.07, 6.45) is 6.22. The fraction of sp³-hybridized carbons (Fsp3) is 0.562. The van der Waals surface area contributed by atoms with Crippen molar-refractivity contribution in [2.24, 2.45) is 0 Å². The van der Waals surface area contributed by atoms with Crippen LogP contribution in [-0.4, -0.2) is 46.4 Å². The number of pyridine rings is 1. The number of fused-ring (bicyclic) bond motifs is 1. The van der Waals surface area contributed by atoms with Crippen LogP contribution in [0.15, 0.2) is 24.5 Å². The Bertz CT molecular complexity index is 646. The maximum absolute atomic E-state index is 5.85.